The van der Waals surface area contributed by atoms with Crippen LogP contribution in [-0.2, 0) is 11.3 Å². The van der Waals surface area contributed by atoms with E-state index in [1.54, 1.807) is 30.6 Å². The number of hydrogen-bond donors (Lipinski definition) is 1. The van der Waals surface area contributed by atoms with Crippen LogP contribution in [0.3, 0.4) is 0 Å². The standard InChI is InChI=1S/C17H13ClF3N3O2S/c18-14-13(27-16(24-14)11-5-3-7-22-8-11)15(25)23-9-10-4-1-2-6-12(10)26-17(19,20)21/h1-8,13-14H,9H2,(H,23,25). The molecule has 0 radical (unpaired) electrons. The number of halogens is 4. The van der Waals surface area contributed by atoms with Crippen molar-refractivity contribution in [1.82, 2.24) is 10.3 Å². The van der Waals surface area contributed by atoms with Crippen LogP contribution in [0.15, 0.2) is 53.8 Å². The van der Waals surface area contributed by atoms with Crippen molar-refractivity contribution in [3.05, 3.63) is 59.9 Å². The van der Waals surface area contributed by atoms with Crippen molar-refractivity contribution in [1.29, 1.82) is 0 Å². The number of carbonyl (C=O) groups is 1. The number of carbonyl (C=O) groups excluding carboxylic acids is 1. The molecular formula is C17H13ClF3N3O2S. The van der Waals surface area contributed by atoms with Crippen molar-refractivity contribution < 1.29 is 22.7 Å². The average molecular weight is 416 g/mol. The zero-order valence-corrected chi connectivity index (χ0v) is 15.2. The number of nitrogens with zero attached hydrogens (tertiary/aromatic N) is 2. The zero-order chi connectivity index (χ0) is 19.4. The lowest BCUT2D eigenvalue weighted by atomic mass is 10.2. The Hall–Kier alpha value is -2.26. The average Bonchev–Trinajstić information content (AvgIpc) is 3.02. The molecule has 2 aromatic rings. The van der Waals surface area contributed by atoms with Gasteiger partial charge in [0, 0.05) is 30.1 Å². The van der Waals surface area contributed by atoms with E-state index in [1.807, 2.05) is 0 Å². The highest BCUT2D eigenvalue weighted by molar-refractivity contribution is 8.15. The van der Waals surface area contributed by atoms with Gasteiger partial charge in [0.25, 0.3) is 0 Å². The van der Waals surface area contributed by atoms with Crippen molar-refractivity contribution in [3.63, 3.8) is 0 Å². The van der Waals surface area contributed by atoms with Crippen molar-refractivity contribution in [2.24, 2.45) is 4.99 Å². The lowest BCUT2D eigenvalue weighted by molar-refractivity contribution is -0.274. The van der Waals surface area contributed by atoms with E-state index in [1.165, 1.54) is 30.0 Å². The number of aromatic nitrogens is 1. The minimum atomic E-state index is -4.81. The first-order valence-corrected chi connectivity index (χ1v) is 9.05. The minimum Gasteiger partial charge on any atom is -0.405 e. The summed E-state index contributed by atoms with van der Waals surface area (Å²) in [7, 11) is 0. The highest BCUT2D eigenvalue weighted by Gasteiger charge is 2.35. The summed E-state index contributed by atoms with van der Waals surface area (Å²) < 4.78 is 41.4. The number of alkyl halides is 4. The maximum Gasteiger partial charge on any atom is 0.573 e. The summed E-state index contributed by atoms with van der Waals surface area (Å²) in [4.78, 5) is 20.7. The van der Waals surface area contributed by atoms with E-state index in [2.05, 4.69) is 20.0 Å². The van der Waals surface area contributed by atoms with E-state index in [9.17, 15) is 18.0 Å². The molecule has 0 spiro atoms. The predicted molar refractivity (Wildman–Crippen MR) is 96.8 cm³/mol. The summed E-state index contributed by atoms with van der Waals surface area (Å²) >= 11 is 7.34. The number of nitrogens with one attached hydrogen (secondary N) is 1. The number of aliphatic imine (C=N–C) groups is 1. The third-order valence-electron chi connectivity index (χ3n) is 3.55. The second-order valence-electron chi connectivity index (χ2n) is 5.46. The highest BCUT2D eigenvalue weighted by Crippen LogP contribution is 2.33. The van der Waals surface area contributed by atoms with Crippen LogP contribution >= 0.6 is 23.4 Å². The van der Waals surface area contributed by atoms with Gasteiger partial charge in [0.2, 0.25) is 5.91 Å². The fraction of sp³-hybridized carbons (Fsp3) is 0.235. The number of thioether (sulfide) groups is 1. The van der Waals surface area contributed by atoms with Gasteiger partial charge in [-0.25, -0.2) is 0 Å². The molecule has 27 heavy (non-hydrogen) atoms. The molecule has 1 aliphatic heterocycles. The number of benzene rings is 1. The Balaban J connectivity index is 1.63. The minimum absolute atomic E-state index is 0.131. The summed E-state index contributed by atoms with van der Waals surface area (Å²) in [6.07, 6.45) is -1.58. The Morgan fingerprint density at radius 3 is 2.74 bits per heavy atom. The molecular weight excluding hydrogens is 403 g/mol. The molecule has 2 heterocycles. The molecule has 1 aromatic carbocycles. The Kier molecular flexibility index (Phi) is 5.91. The van der Waals surface area contributed by atoms with Gasteiger partial charge >= 0.3 is 6.36 Å². The first kappa shape index (κ1) is 19.5. The molecule has 10 heteroatoms. The van der Waals surface area contributed by atoms with Crippen LogP contribution in [-0.4, -0.2) is 33.0 Å². The van der Waals surface area contributed by atoms with Crippen LogP contribution in [0.4, 0.5) is 13.2 Å². The van der Waals surface area contributed by atoms with Crippen molar-refractivity contribution in [3.8, 4) is 5.75 Å². The molecule has 0 fully saturated rings. The maximum absolute atomic E-state index is 12.5. The van der Waals surface area contributed by atoms with Gasteiger partial charge in [-0.1, -0.05) is 41.6 Å². The normalized spacial score (nSPS) is 19.5. The van der Waals surface area contributed by atoms with E-state index in [0.717, 1.165) is 5.56 Å². The highest BCUT2D eigenvalue weighted by atomic mass is 35.5. The lowest BCUT2D eigenvalue weighted by Gasteiger charge is -2.15. The molecule has 5 nitrogen and oxygen atoms in total. The summed E-state index contributed by atoms with van der Waals surface area (Å²) in [6.45, 7) is -0.131. The maximum atomic E-state index is 12.5. The van der Waals surface area contributed by atoms with Gasteiger partial charge in [0.1, 0.15) is 21.5 Å². The SMILES string of the molecule is O=C(NCc1ccccc1OC(F)(F)F)C1SC(c2cccnc2)=NC1Cl. The molecule has 2 atom stereocenters. The second-order valence-corrected chi connectivity index (χ2v) is 7.04. The van der Waals surface area contributed by atoms with Crippen LogP contribution < -0.4 is 10.1 Å². The molecule has 0 aliphatic carbocycles. The summed E-state index contributed by atoms with van der Waals surface area (Å²) in [5, 5.41) is 2.48. The Morgan fingerprint density at radius 2 is 2.04 bits per heavy atom. The molecule has 1 aromatic heterocycles. The lowest BCUT2D eigenvalue weighted by Crippen LogP contribution is -2.35. The Bertz CT molecular complexity index is 849. The van der Waals surface area contributed by atoms with Gasteiger partial charge in [-0.2, -0.15) is 0 Å². The molecule has 0 saturated carbocycles. The first-order valence-electron chi connectivity index (χ1n) is 7.74. The largest absolute Gasteiger partial charge is 0.573 e. The molecule has 0 bridgehead atoms. The van der Waals surface area contributed by atoms with E-state index in [-0.39, 0.29) is 17.9 Å². The van der Waals surface area contributed by atoms with Gasteiger partial charge in [-0.3, -0.25) is 14.8 Å². The third kappa shape index (κ3) is 5.14. The molecule has 0 saturated heterocycles. The summed E-state index contributed by atoms with van der Waals surface area (Å²) in [6, 6.07) is 9.15. The van der Waals surface area contributed by atoms with Gasteiger partial charge in [0.05, 0.1) is 0 Å². The van der Waals surface area contributed by atoms with Crippen molar-refractivity contribution in [2.75, 3.05) is 0 Å². The smallest absolute Gasteiger partial charge is 0.405 e. The van der Waals surface area contributed by atoms with Gasteiger partial charge in [0.15, 0.2) is 0 Å². The Labute approximate surface area is 162 Å². The number of para-hydroxylation sites is 1. The van der Waals surface area contributed by atoms with E-state index < -0.39 is 23.0 Å². The zero-order valence-electron chi connectivity index (χ0n) is 13.6. The molecule has 3 rings (SSSR count). The van der Waals surface area contributed by atoms with Gasteiger partial charge in [-0.15, -0.1) is 13.2 Å². The number of ether oxygens (including phenoxy) is 1. The van der Waals surface area contributed by atoms with Crippen LogP contribution in [0.1, 0.15) is 11.1 Å². The molecule has 1 amide bonds. The van der Waals surface area contributed by atoms with Crippen LogP contribution in [0.25, 0.3) is 0 Å². The molecule has 1 aliphatic rings. The van der Waals surface area contributed by atoms with Gasteiger partial charge in [-0.05, 0) is 18.2 Å². The summed E-state index contributed by atoms with van der Waals surface area (Å²) in [5.74, 6) is -0.788. The van der Waals surface area contributed by atoms with Crippen molar-refractivity contribution >= 4 is 34.3 Å². The topological polar surface area (TPSA) is 63.6 Å². The third-order valence-corrected chi connectivity index (χ3v) is 5.34. The predicted octanol–water partition coefficient (Wildman–Crippen LogP) is 3.72. The number of hydrogen-bond acceptors (Lipinski definition) is 5. The second kappa shape index (κ2) is 8.18. The number of pyridine rings is 1. The summed E-state index contributed by atoms with van der Waals surface area (Å²) in [5.41, 5.74) is 0.157. The molecule has 1 N–H and O–H groups in total. The number of amides is 1. The van der Waals surface area contributed by atoms with Gasteiger partial charge < -0.3 is 10.1 Å². The first-order chi connectivity index (χ1) is 12.8. The monoisotopic (exact) mass is 415 g/mol. The van der Waals surface area contributed by atoms with Crippen LogP contribution in [0.2, 0.25) is 0 Å². The fourth-order valence-electron chi connectivity index (χ4n) is 2.35. The van der Waals surface area contributed by atoms with Crippen LogP contribution in [0.5, 0.6) is 5.75 Å². The quantitative estimate of drug-likeness (QED) is 0.597. The fourth-order valence-corrected chi connectivity index (χ4v) is 3.81. The number of rotatable bonds is 5. The van der Waals surface area contributed by atoms with E-state index in [4.69, 9.17) is 11.6 Å². The van der Waals surface area contributed by atoms with Crippen LogP contribution in [0, 0.1) is 0 Å². The molecule has 2 unspecified atom stereocenters. The van der Waals surface area contributed by atoms with Crippen molar-refractivity contribution in [2.45, 2.75) is 23.7 Å². The Morgan fingerprint density at radius 1 is 1.26 bits per heavy atom. The van der Waals surface area contributed by atoms with E-state index in [0.29, 0.717) is 5.04 Å². The molecule has 142 valence electrons. The van der Waals surface area contributed by atoms with E-state index >= 15 is 0 Å².